The SMILES string of the molecule is CC1CN(C)CCc2c1[nH]c1ccccc21. The Labute approximate surface area is 96.3 Å². The number of para-hydroxylation sites is 1. The van der Waals surface area contributed by atoms with Gasteiger partial charge in [0, 0.05) is 35.6 Å². The first-order chi connectivity index (χ1) is 7.75. The highest BCUT2D eigenvalue weighted by Crippen LogP contribution is 2.30. The topological polar surface area (TPSA) is 19.0 Å². The zero-order valence-corrected chi connectivity index (χ0v) is 9.96. The molecule has 3 rings (SSSR count). The van der Waals surface area contributed by atoms with Gasteiger partial charge in [-0.3, -0.25) is 0 Å². The van der Waals surface area contributed by atoms with E-state index >= 15 is 0 Å². The molecule has 16 heavy (non-hydrogen) atoms. The molecule has 2 nitrogen and oxygen atoms in total. The van der Waals surface area contributed by atoms with E-state index in [0.717, 1.165) is 6.54 Å². The van der Waals surface area contributed by atoms with Gasteiger partial charge in [0.05, 0.1) is 0 Å². The fourth-order valence-corrected chi connectivity index (χ4v) is 2.86. The second-order valence-electron chi connectivity index (χ2n) is 4.98. The highest BCUT2D eigenvalue weighted by molar-refractivity contribution is 5.85. The maximum absolute atomic E-state index is 3.60. The summed E-state index contributed by atoms with van der Waals surface area (Å²) < 4.78 is 0. The molecule has 0 amide bonds. The second-order valence-corrected chi connectivity index (χ2v) is 4.98. The summed E-state index contributed by atoms with van der Waals surface area (Å²) in [6, 6.07) is 8.66. The monoisotopic (exact) mass is 214 g/mol. The van der Waals surface area contributed by atoms with Crippen LogP contribution in [0.2, 0.25) is 0 Å². The molecule has 0 fully saturated rings. The molecule has 1 aliphatic heterocycles. The van der Waals surface area contributed by atoms with E-state index in [2.05, 4.69) is 48.1 Å². The van der Waals surface area contributed by atoms with Gasteiger partial charge in [0.1, 0.15) is 0 Å². The van der Waals surface area contributed by atoms with Crippen LogP contribution in [0.3, 0.4) is 0 Å². The summed E-state index contributed by atoms with van der Waals surface area (Å²) in [5.74, 6) is 0.606. The van der Waals surface area contributed by atoms with E-state index in [9.17, 15) is 0 Å². The lowest BCUT2D eigenvalue weighted by Gasteiger charge is -2.16. The van der Waals surface area contributed by atoms with Crippen LogP contribution in [-0.4, -0.2) is 30.0 Å². The molecule has 0 bridgehead atoms. The minimum absolute atomic E-state index is 0.606. The molecular weight excluding hydrogens is 196 g/mol. The third kappa shape index (κ3) is 1.45. The van der Waals surface area contributed by atoms with E-state index in [1.54, 1.807) is 0 Å². The molecule has 2 heteroatoms. The molecule has 1 aromatic heterocycles. The Morgan fingerprint density at radius 1 is 1.31 bits per heavy atom. The van der Waals surface area contributed by atoms with Crippen molar-refractivity contribution in [3.05, 3.63) is 35.5 Å². The van der Waals surface area contributed by atoms with E-state index in [0.29, 0.717) is 5.92 Å². The molecular formula is C14H18N2. The van der Waals surface area contributed by atoms with Gasteiger partial charge in [-0.2, -0.15) is 0 Å². The van der Waals surface area contributed by atoms with E-state index < -0.39 is 0 Å². The smallest absolute Gasteiger partial charge is 0.0459 e. The first kappa shape index (κ1) is 9.91. The number of H-pyrrole nitrogens is 1. The molecule has 1 aromatic carbocycles. The standard InChI is InChI=1S/C14H18N2/c1-10-9-16(2)8-7-12-11-5-3-4-6-13(11)15-14(10)12/h3-6,10,15H,7-9H2,1-2H3. The fraction of sp³-hybridized carbons (Fsp3) is 0.429. The predicted octanol–water partition coefficient (Wildman–Crippen LogP) is 2.76. The minimum Gasteiger partial charge on any atom is -0.358 e. The lowest BCUT2D eigenvalue weighted by molar-refractivity contribution is 0.331. The van der Waals surface area contributed by atoms with Crippen molar-refractivity contribution in [3.63, 3.8) is 0 Å². The van der Waals surface area contributed by atoms with Crippen molar-refractivity contribution >= 4 is 10.9 Å². The first-order valence-electron chi connectivity index (χ1n) is 6.03. The average Bonchev–Trinajstić information content (AvgIpc) is 2.58. The third-order valence-corrected chi connectivity index (χ3v) is 3.67. The van der Waals surface area contributed by atoms with Crippen LogP contribution in [0.25, 0.3) is 10.9 Å². The van der Waals surface area contributed by atoms with Gasteiger partial charge in [0.15, 0.2) is 0 Å². The molecule has 1 unspecified atom stereocenters. The Morgan fingerprint density at radius 2 is 2.12 bits per heavy atom. The summed E-state index contributed by atoms with van der Waals surface area (Å²) >= 11 is 0. The maximum atomic E-state index is 3.60. The van der Waals surface area contributed by atoms with Crippen molar-refractivity contribution in [2.45, 2.75) is 19.3 Å². The van der Waals surface area contributed by atoms with Crippen LogP contribution < -0.4 is 0 Å². The van der Waals surface area contributed by atoms with Crippen molar-refractivity contribution < 1.29 is 0 Å². The number of benzene rings is 1. The highest BCUT2D eigenvalue weighted by atomic mass is 15.1. The van der Waals surface area contributed by atoms with Crippen molar-refractivity contribution in [1.82, 2.24) is 9.88 Å². The lowest BCUT2D eigenvalue weighted by Crippen LogP contribution is -2.22. The number of hydrogen-bond donors (Lipinski definition) is 1. The molecule has 2 aromatic rings. The van der Waals surface area contributed by atoms with Crippen molar-refractivity contribution in [3.8, 4) is 0 Å². The van der Waals surface area contributed by atoms with E-state index in [1.807, 2.05) is 0 Å². The van der Waals surface area contributed by atoms with Gasteiger partial charge >= 0.3 is 0 Å². The Balaban J connectivity index is 2.19. The molecule has 0 saturated heterocycles. The summed E-state index contributed by atoms with van der Waals surface area (Å²) in [6.45, 7) is 4.63. The Hall–Kier alpha value is -1.28. The van der Waals surface area contributed by atoms with Gasteiger partial charge < -0.3 is 9.88 Å². The summed E-state index contributed by atoms with van der Waals surface area (Å²) in [4.78, 5) is 6.02. The number of aromatic nitrogens is 1. The Kier molecular flexibility index (Phi) is 2.25. The normalized spacial score (nSPS) is 22.0. The highest BCUT2D eigenvalue weighted by Gasteiger charge is 2.21. The van der Waals surface area contributed by atoms with Crippen LogP contribution in [0.15, 0.2) is 24.3 Å². The zero-order valence-electron chi connectivity index (χ0n) is 9.96. The van der Waals surface area contributed by atoms with E-state index in [4.69, 9.17) is 0 Å². The number of fused-ring (bicyclic) bond motifs is 3. The average molecular weight is 214 g/mol. The molecule has 2 heterocycles. The molecule has 0 aliphatic carbocycles. The number of likely N-dealkylation sites (N-methyl/N-ethyl adjacent to an activating group) is 1. The molecule has 0 radical (unpaired) electrons. The van der Waals surface area contributed by atoms with Gasteiger partial charge in [-0.1, -0.05) is 25.1 Å². The van der Waals surface area contributed by atoms with Crippen LogP contribution >= 0.6 is 0 Å². The van der Waals surface area contributed by atoms with Crippen LogP contribution in [0.4, 0.5) is 0 Å². The zero-order chi connectivity index (χ0) is 11.1. The molecule has 84 valence electrons. The van der Waals surface area contributed by atoms with Crippen LogP contribution in [0.1, 0.15) is 24.1 Å². The number of aromatic amines is 1. The number of hydrogen-bond acceptors (Lipinski definition) is 1. The lowest BCUT2D eigenvalue weighted by atomic mass is 10.0. The number of nitrogens with zero attached hydrogens (tertiary/aromatic N) is 1. The second kappa shape index (κ2) is 3.63. The largest absolute Gasteiger partial charge is 0.358 e. The van der Waals surface area contributed by atoms with E-state index in [1.165, 1.54) is 35.1 Å². The minimum atomic E-state index is 0.606. The van der Waals surface area contributed by atoms with Crippen molar-refractivity contribution in [2.24, 2.45) is 0 Å². The molecule has 0 spiro atoms. The first-order valence-corrected chi connectivity index (χ1v) is 6.03. The van der Waals surface area contributed by atoms with Crippen LogP contribution in [0, 0.1) is 0 Å². The van der Waals surface area contributed by atoms with Crippen LogP contribution in [-0.2, 0) is 6.42 Å². The maximum Gasteiger partial charge on any atom is 0.0459 e. The Bertz CT molecular complexity index is 512. The summed E-state index contributed by atoms with van der Waals surface area (Å²) in [7, 11) is 2.21. The van der Waals surface area contributed by atoms with Crippen LogP contribution in [0.5, 0.6) is 0 Å². The Morgan fingerprint density at radius 3 is 3.00 bits per heavy atom. The van der Waals surface area contributed by atoms with Gasteiger partial charge in [0.25, 0.3) is 0 Å². The van der Waals surface area contributed by atoms with Gasteiger partial charge in [-0.15, -0.1) is 0 Å². The predicted molar refractivity (Wildman–Crippen MR) is 67.9 cm³/mol. The summed E-state index contributed by atoms with van der Waals surface area (Å²) in [6.07, 6.45) is 1.17. The third-order valence-electron chi connectivity index (χ3n) is 3.67. The number of rotatable bonds is 0. The molecule has 0 saturated carbocycles. The quantitative estimate of drug-likeness (QED) is 0.714. The van der Waals surface area contributed by atoms with Gasteiger partial charge in [-0.25, -0.2) is 0 Å². The van der Waals surface area contributed by atoms with E-state index in [-0.39, 0.29) is 0 Å². The van der Waals surface area contributed by atoms with Crippen molar-refractivity contribution in [1.29, 1.82) is 0 Å². The molecule has 1 N–H and O–H groups in total. The molecule has 1 aliphatic rings. The fourth-order valence-electron chi connectivity index (χ4n) is 2.86. The number of nitrogens with one attached hydrogen (secondary N) is 1. The summed E-state index contributed by atoms with van der Waals surface area (Å²) in [5.41, 5.74) is 4.28. The van der Waals surface area contributed by atoms with Gasteiger partial charge in [0.2, 0.25) is 0 Å². The van der Waals surface area contributed by atoms with Gasteiger partial charge in [-0.05, 0) is 25.1 Å². The summed E-state index contributed by atoms with van der Waals surface area (Å²) in [5, 5.41) is 1.42. The molecule has 1 atom stereocenters. The van der Waals surface area contributed by atoms with Crippen molar-refractivity contribution in [2.75, 3.05) is 20.1 Å².